The molecule has 1 aromatic rings. The van der Waals surface area contributed by atoms with Crippen LogP contribution in [0.2, 0.25) is 0 Å². The van der Waals surface area contributed by atoms with E-state index in [1.54, 1.807) is 36.1 Å². The van der Waals surface area contributed by atoms with Crippen LogP contribution in [0.1, 0.15) is 50.9 Å². The van der Waals surface area contributed by atoms with Crippen molar-refractivity contribution >= 4 is 23.5 Å². The molecule has 0 spiro atoms. The van der Waals surface area contributed by atoms with E-state index in [2.05, 4.69) is 5.32 Å². The highest BCUT2D eigenvalue weighted by Crippen LogP contribution is 2.24. The summed E-state index contributed by atoms with van der Waals surface area (Å²) in [5.74, 6) is -0.721. The van der Waals surface area contributed by atoms with Gasteiger partial charge in [-0.05, 0) is 38.0 Å². The van der Waals surface area contributed by atoms with Crippen LogP contribution in [0.4, 0.5) is 5.69 Å². The van der Waals surface area contributed by atoms with Crippen molar-refractivity contribution in [3.05, 3.63) is 29.8 Å². The number of rotatable bonds is 4. The topological polar surface area (TPSA) is 75.7 Å². The fourth-order valence-corrected chi connectivity index (χ4v) is 3.03. The van der Waals surface area contributed by atoms with Gasteiger partial charge < -0.3 is 15.0 Å². The molecule has 1 saturated heterocycles. The molecule has 1 unspecified atom stereocenters. The Morgan fingerprint density at radius 1 is 1.27 bits per heavy atom. The van der Waals surface area contributed by atoms with E-state index in [1.165, 1.54) is 0 Å². The second-order valence-electron chi connectivity index (χ2n) is 7.63. The molecule has 6 nitrogen and oxygen atoms in total. The van der Waals surface area contributed by atoms with Crippen LogP contribution in [-0.4, -0.2) is 42.4 Å². The Labute approximate surface area is 154 Å². The normalized spacial score (nSPS) is 17.5. The number of benzene rings is 1. The highest BCUT2D eigenvalue weighted by Gasteiger charge is 2.33. The average Bonchev–Trinajstić information content (AvgIpc) is 2.61. The van der Waals surface area contributed by atoms with Crippen LogP contribution in [0.25, 0.3) is 0 Å². The van der Waals surface area contributed by atoms with E-state index in [0.717, 1.165) is 12.8 Å². The van der Waals surface area contributed by atoms with Gasteiger partial charge >= 0.3 is 5.97 Å². The summed E-state index contributed by atoms with van der Waals surface area (Å²) in [7, 11) is 0. The largest absolute Gasteiger partial charge is 0.462 e. The third-order valence-electron chi connectivity index (χ3n) is 4.36. The number of hydrogen-bond donors (Lipinski definition) is 1. The summed E-state index contributed by atoms with van der Waals surface area (Å²) >= 11 is 0. The molecule has 1 aromatic carbocycles. The zero-order valence-electron chi connectivity index (χ0n) is 16.0. The van der Waals surface area contributed by atoms with Gasteiger partial charge in [0.15, 0.2) is 0 Å². The molecule has 1 heterocycles. The minimum Gasteiger partial charge on any atom is -0.462 e. The Morgan fingerprint density at radius 3 is 2.65 bits per heavy atom. The van der Waals surface area contributed by atoms with Crippen LogP contribution in [0.3, 0.4) is 0 Å². The van der Waals surface area contributed by atoms with Gasteiger partial charge in [0.25, 0.3) is 0 Å². The first-order valence-corrected chi connectivity index (χ1v) is 9.09. The molecular weight excluding hydrogens is 332 g/mol. The number of nitrogens with zero attached hydrogens (tertiary/aromatic N) is 1. The highest BCUT2D eigenvalue weighted by molar-refractivity contribution is 5.96. The second kappa shape index (κ2) is 8.34. The molecule has 1 aliphatic rings. The van der Waals surface area contributed by atoms with Gasteiger partial charge in [-0.3, -0.25) is 9.59 Å². The number of ether oxygens (including phenoxy) is 1. The maximum absolute atomic E-state index is 12.6. The maximum Gasteiger partial charge on any atom is 0.338 e. The predicted molar refractivity (Wildman–Crippen MR) is 99.8 cm³/mol. The summed E-state index contributed by atoms with van der Waals surface area (Å²) in [6.07, 6.45) is 1.56. The highest BCUT2D eigenvalue weighted by atomic mass is 16.5. The Bertz CT molecular complexity index is 679. The van der Waals surface area contributed by atoms with Crippen LogP contribution in [0.15, 0.2) is 24.3 Å². The van der Waals surface area contributed by atoms with E-state index in [0.29, 0.717) is 30.9 Å². The first-order valence-electron chi connectivity index (χ1n) is 9.09. The molecule has 1 aliphatic heterocycles. The summed E-state index contributed by atoms with van der Waals surface area (Å²) in [4.78, 5) is 38.7. The third-order valence-corrected chi connectivity index (χ3v) is 4.36. The molecule has 0 aromatic heterocycles. The molecule has 1 fully saturated rings. The van der Waals surface area contributed by atoms with Crippen molar-refractivity contribution in [2.75, 3.05) is 25.0 Å². The van der Waals surface area contributed by atoms with Gasteiger partial charge in [-0.15, -0.1) is 0 Å². The number of likely N-dealkylation sites (tertiary alicyclic amines) is 1. The second-order valence-corrected chi connectivity index (χ2v) is 7.63. The summed E-state index contributed by atoms with van der Waals surface area (Å²) in [6.45, 7) is 8.84. The Hall–Kier alpha value is -2.37. The molecular formula is C20H28N2O4. The van der Waals surface area contributed by atoms with Crippen molar-refractivity contribution in [2.45, 2.75) is 40.5 Å². The van der Waals surface area contributed by atoms with E-state index in [4.69, 9.17) is 4.74 Å². The number of anilines is 1. The summed E-state index contributed by atoms with van der Waals surface area (Å²) in [5, 5.41) is 2.86. The number of esters is 1. The molecule has 2 rings (SSSR count). The van der Waals surface area contributed by atoms with E-state index < -0.39 is 11.4 Å². The lowest BCUT2D eigenvalue weighted by atomic mass is 9.91. The van der Waals surface area contributed by atoms with E-state index in [9.17, 15) is 14.4 Å². The number of hydrogen-bond acceptors (Lipinski definition) is 4. The molecule has 2 amide bonds. The first kappa shape index (κ1) is 19.9. The van der Waals surface area contributed by atoms with Crippen molar-refractivity contribution in [1.82, 2.24) is 4.90 Å². The van der Waals surface area contributed by atoms with E-state index in [-0.39, 0.29) is 17.7 Å². The van der Waals surface area contributed by atoms with Gasteiger partial charge in [0.1, 0.15) is 0 Å². The lowest BCUT2D eigenvalue weighted by Gasteiger charge is -2.35. The van der Waals surface area contributed by atoms with Crippen molar-refractivity contribution in [3.8, 4) is 0 Å². The number of carbonyl (C=O) groups is 3. The Balaban J connectivity index is 2.02. The third kappa shape index (κ3) is 5.07. The van der Waals surface area contributed by atoms with Gasteiger partial charge in [0, 0.05) is 24.2 Å². The number of carbonyl (C=O) groups excluding carboxylic acids is 3. The minimum absolute atomic E-state index is 0.0688. The van der Waals surface area contributed by atoms with Gasteiger partial charge in [-0.2, -0.15) is 0 Å². The predicted octanol–water partition coefficient (Wildman–Crippen LogP) is 3.09. The van der Waals surface area contributed by atoms with Gasteiger partial charge in [-0.25, -0.2) is 4.79 Å². The number of nitrogens with one attached hydrogen (secondary N) is 1. The first-order chi connectivity index (χ1) is 12.2. The molecule has 0 bridgehead atoms. The zero-order valence-corrected chi connectivity index (χ0v) is 16.0. The fraction of sp³-hybridized carbons (Fsp3) is 0.550. The molecule has 1 atom stereocenters. The fourth-order valence-electron chi connectivity index (χ4n) is 3.03. The van der Waals surface area contributed by atoms with Crippen LogP contribution in [0, 0.1) is 11.3 Å². The zero-order chi connectivity index (χ0) is 19.3. The van der Waals surface area contributed by atoms with Crippen LogP contribution in [-0.2, 0) is 14.3 Å². The van der Waals surface area contributed by atoms with Crippen molar-refractivity contribution < 1.29 is 19.1 Å². The van der Waals surface area contributed by atoms with E-state index in [1.807, 2.05) is 20.8 Å². The maximum atomic E-state index is 12.6. The monoisotopic (exact) mass is 360 g/mol. The van der Waals surface area contributed by atoms with E-state index >= 15 is 0 Å². The SMILES string of the molecule is CCOC(=O)c1cccc(NC(=O)C2CCCN(C(=O)C(C)(C)C)C2)c1. The summed E-state index contributed by atoms with van der Waals surface area (Å²) in [6, 6.07) is 6.70. The van der Waals surface area contributed by atoms with Gasteiger partial charge in [-0.1, -0.05) is 26.8 Å². The van der Waals surface area contributed by atoms with Crippen LogP contribution < -0.4 is 5.32 Å². The van der Waals surface area contributed by atoms with Crippen LogP contribution >= 0.6 is 0 Å². The molecule has 0 radical (unpaired) electrons. The standard InChI is InChI=1S/C20H28N2O4/c1-5-26-18(24)14-8-6-10-16(12-14)21-17(23)15-9-7-11-22(13-15)19(25)20(2,3)4/h6,8,10,12,15H,5,7,9,11,13H2,1-4H3,(H,21,23). The molecule has 26 heavy (non-hydrogen) atoms. The number of amides is 2. The lowest BCUT2D eigenvalue weighted by Crippen LogP contribution is -2.47. The van der Waals surface area contributed by atoms with Gasteiger partial charge in [0.05, 0.1) is 18.1 Å². The molecule has 6 heteroatoms. The summed E-state index contributed by atoms with van der Waals surface area (Å²) in [5.41, 5.74) is 0.504. The molecule has 142 valence electrons. The quantitative estimate of drug-likeness (QED) is 0.837. The lowest BCUT2D eigenvalue weighted by molar-refractivity contribution is -0.142. The molecule has 1 N–H and O–H groups in total. The smallest absolute Gasteiger partial charge is 0.338 e. The Morgan fingerprint density at radius 2 is 2.00 bits per heavy atom. The average molecular weight is 360 g/mol. The summed E-state index contributed by atoms with van der Waals surface area (Å²) < 4.78 is 4.98. The van der Waals surface area contributed by atoms with Crippen LogP contribution in [0.5, 0.6) is 0 Å². The van der Waals surface area contributed by atoms with Crippen molar-refractivity contribution in [2.24, 2.45) is 11.3 Å². The molecule has 0 aliphatic carbocycles. The molecule has 0 saturated carbocycles. The Kier molecular flexibility index (Phi) is 6.40. The number of piperidine rings is 1. The minimum atomic E-state index is -0.452. The van der Waals surface area contributed by atoms with Crippen molar-refractivity contribution in [3.63, 3.8) is 0 Å². The van der Waals surface area contributed by atoms with Crippen molar-refractivity contribution in [1.29, 1.82) is 0 Å². The van der Waals surface area contributed by atoms with Gasteiger partial charge in [0.2, 0.25) is 11.8 Å².